The molecule has 1 aromatic carbocycles. The highest BCUT2D eigenvalue weighted by Gasteiger charge is 2.23. The Morgan fingerprint density at radius 1 is 1.48 bits per heavy atom. The van der Waals surface area contributed by atoms with E-state index >= 15 is 0 Å². The average molecular weight is 296 g/mol. The summed E-state index contributed by atoms with van der Waals surface area (Å²) in [4.78, 5) is 21.6. The number of anilines is 1. The van der Waals surface area contributed by atoms with E-state index in [0.29, 0.717) is 6.42 Å². The minimum atomic E-state index is -0.952. The number of hydrogen-bond acceptors (Lipinski definition) is 5. The van der Waals surface area contributed by atoms with Crippen LogP contribution < -0.4 is 10.1 Å². The number of para-hydroxylation sites is 1. The van der Waals surface area contributed by atoms with E-state index in [1.807, 2.05) is 6.92 Å². The first-order valence-electron chi connectivity index (χ1n) is 6.77. The summed E-state index contributed by atoms with van der Waals surface area (Å²) < 4.78 is 5.45. The molecule has 0 saturated heterocycles. The molecule has 21 heavy (non-hydrogen) atoms. The van der Waals surface area contributed by atoms with Gasteiger partial charge in [-0.05, 0) is 32.4 Å². The molecule has 1 rings (SSSR count). The molecule has 0 radical (unpaired) electrons. The average Bonchev–Trinajstić information content (AvgIpc) is 2.36. The maximum atomic E-state index is 11.3. The van der Waals surface area contributed by atoms with Crippen molar-refractivity contribution in [1.82, 2.24) is 0 Å². The zero-order chi connectivity index (χ0) is 16.0. The molecule has 0 heterocycles. The van der Waals surface area contributed by atoms with Crippen molar-refractivity contribution in [1.29, 1.82) is 0 Å². The number of carboxylic acids is 1. The fraction of sp³-hybridized carbons (Fsp3) is 0.500. The number of benzene rings is 1. The van der Waals surface area contributed by atoms with E-state index in [1.54, 1.807) is 26.0 Å². The monoisotopic (exact) mass is 296 g/mol. The van der Waals surface area contributed by atoms with Crippen LogP contribution in [-0.2, 0) is 4.79 Å². The number of carbonyl (C=O) groups is 1. The van der Waals surface area contributed by atoms with E-state index in [2.05, 4.69) is 5.32 Å². The third-order valence-electron chi connectivity index (χ3n) is 2.82. The molecule has 0 fully saturated rings. The van der Waals surface area contributed by atoms with Gasteiger partial charge in [-0.1, -0.05) is 13.0 Å². The van der Waals surface area contributed by atoms with Crippen molar-refractivity contribution in [3.63, 3.8) is 0 Å². The third kappa shape index (κ3) is 4.94. The van der Waals surface area contributed by atoms with Gasteiger partial charge in [0, 0.05) is 6.04 Å². The number of aliphatic carboxylic acids is 1. The van der Waals surface area contributed by atoms with Crippen molar-refractivity contribution in [3.05, 3.63) is 28.3 Å². The van der Waals surface area contributed by atoms with Crippen LogP contribution in [-0.4, -0.2) is 28.1 Å². The molecule has 0 saturated carbocycles. The number of nitro groups is 1. The van der Waals surface area contributed by atoms with Crippen LogP contribution in [0.25, 0.3) is 0 Å². The van der Waals surface area contributed by atoms with Crippen molar-refractivity contribution in [2.45, 2.75) is 45.8 Å². The van der Waals surface area contributed by atoms with Gasteiger partial charge in [0.1, 0.15) is 5.69 Å². The van der Waals surface area contributed by atoms with Gasteiger partial charge in [0.05, 0.1) is 17.4 Å². The third-order valence-corrected chi connectivity index (χ3v) is 2.82. The summed E-state index contributed by atoms with van der Waals surface area (Å²) >= 11 is 0. The van der Waals surface area contributed by atoms with Crippen molar-refractivity contribution < 1.29 is 19.6 Å². The number of carboxylic acid groups (broad SMARTS) is 1. The lowest BCUT2D eigenvalue weighted by molar-refractivity contribution is -0.385. The summed E-state index contributed by atoms with van der Waals surface area (Å²) in [6, 6.07) is 4.34. The summed E-state index contributed by atoms with van der Waals surface area (Å²) in [7, 11) is 0. The maximum absolute atomic E-state index is 11.3. The summed E-state index contributed by atoms with van der Waals surface area (Å²) in [5, 5.41) is 23.1. The van der Waals surface area contributed by atoms with Gasteiger partial charge < -0.3 is 15.2 Å². The molecule has 0 bridgehead atoms. The molecule has 0 amide bonds. The summed E-state index contributed by atoms with van der Waals surface area (Å²) in [6.45, 7) is 5.38. The van der Waals surface area contributed by atoms with Gasteiger partial charge in [-0.15, -0.1) is 0 Å². The van der Waals surface area contributed by atoms with Gasteiger partial charge in [0.2, 0.25) is 0 Å². The fourth-order valence-corrected chi connectivity index (χ4v) is 1.90. The Kier molecular flexibility index (Phi) is 5.95. The number of nitrogens with zero attached hydrogens (tertiary/aromatic N) is 1. The molecule has 2 N–H and O–H groups in total. The second-order valence-electron chi connectivity index (χ2n) is 4.92. The van der Waals surface area contributed by atoms with Gasteiger partial charge in [0.25, 0.3) is 0 Å². The molecule has 1 unspecified atom stereocenters. The second kappa shape index (κ2) is 7.47. The maximum Gasteiger partial charge on any atom is 0.333 e. The predicted octanol–water partition coefficient (Wildman–Crippen LogP) is 3.05. The van der Waals surface area contributed by atoms with Crippen LogP contribution in [0.2, 0.25) is 0 Å². The minimum Gasteiger partial charge on any atom is -0.484 e. The Hall–Kier alpha value is -2.31. The highest BCUT2D eigenvalue weighted by Crippen LogP contribution is 2.36. The van der Waals surface area contributed by atoms with Crippen LogP contribution in [0.4, 0.5) is 11.4 Å². The van der Waals surface area contributed by atoms with E-state index < -0.39 is 10.9 Å². The van der Waals surface area contributed by atoms with E-state index in [1.165, 1.54) is 6.07 Å². The molecular weight excluding hydrogens is 276 g/mol. The van der Waals surface area contributed by atoms with E-state index in [9.17, 15) is 14.9 Å². The first kappa shape index (κ1) is 16.7. The Balaban J connectivity index is 3.10. The normalized spacial score (nSPS) is 12.0. The Morgan fingerprint density at radius 2 is 2.14 bits per heavy atom. The standard InChI is InChI=1S/C14H20N2O5/c1-4-10(8-13(17)18)15-11-6-5-7-12(21-9(2)3)14(11)16(19)20/h5-7,9-10,15H,4,8H2,1-3H3,(H,17,18). The quantitative estimate of drug-likeness (QED) is 0.564. The first-order valence-corrected chi connectivity index (χ1v) is 6.77. The number of nitrogens with one attached hydrogen (secondary N) is 1. The highest BCUT2D eigenvalue weighted by atomic mass is 16.6. The summed E-state index contributed by atoms with van der Waals surface area (Å²) in [5.41, 5.74) is 0.0984. The van der Waals surface area contributed by atoms with Gasteiger partial charge >= 0.3 is 11.7 Å². The minimum absolute atomic E-state index is 0.108. The van der Waals surface area contributed by atoms with E-state index in [-0.39, 0.29) is 35.7 Å². The molecule has 1 aromatic rings. The highest BCUT2D eigenvalue weighted by molar-refractivity contribution is 5.71. The number of ether oxygens (including phenoxy) is 1. The van der Waals surface area contributed by atoms with Crippen LogP contribution in [0.3, 0.4) is 0 Å². The molecule has 0 spiro atoms. The van der Waals surface area contributed by atoms with Gasteiger partial charge in [-0.2, -0.15) is 0 Å². The smallest absolute Gasteiger partial charge is 0.333 e. The number of rotatable bonds is 8. The van der Waals surface area contributed by atoms with Crippen LogP contribution in [0.5, 0.6) is 5.75 Å². The summed E-state index contributed by atoms with van der Waals surface area (Å²) in [5.74, 6) is -0.781. The molecule has 0 aromatic heterocycles. The number of hydrogen-bond donors (Lipinski definition) is 2. The second-order valence-corrected chi connectivity index (χ2v) is 4.92. The lowest BCUT2D eigenvalue weighted by Gasteiger charge is -2.18. The molecule has 7 heteroatoms. The Labute approximate surface area is 123 Å². The topological polar surface area (TPSA) is 102 Å². The van der Waals surface area contributed by atoms with Crippen LogP contribution in [0.1, 0.15) is 33.6 Å². The molecule has 1 atom stereocenters. The lowest BCUT2D eigenvalue weighted by atomic mass is 10.1. The van der Waals surface area contributed by atoms with Crippen molar-refractivity contribution in [2.75, 3.05) is 5.32 Å². The first-order chi connectivity index (χ1) is 9.85. The Bertz CT molecular complexity index is 516. The molecule has 116 valence electrons. The predicted molar refractivity (Wildman–Crippen MR) is 78.8 cm³/mol. The fourth-order valence-electron chi connectivity index (χ4n) is 1.90. The molecular formula is C14H20N2O5. The van der Waals surface area contributed by atoms with Crippen molar-refractivity contribution in [3.8, 4) is 5.75 Å². The van der Waals surface area contributed by atoms with Crippen LogP contribution in [0, 0.1) is 10.1 Å². The Morgan fingerprint density at radius 3 is 2.62 bits per heavy atom. The molecule has 0 aliphatic heterocycles. The van der Waals surface area contributed by atoms with E-state index in [0.717, 1.165) is 0 Å². The molecule has 0 aliphatic rings. The van der Waals surface area contributed by atoms with Gasteiger partial charge in [0.15, 0.2) is 5.75 Å². The largest absolute Gasteiger partial charge is 0.484 e. The van der Waals surface area contributed by atoms with Crippen molar-refractivity contribution in [2.24, 2.45) is 0 Å². The number of nitro benzene ring substituents is 1. The summed E-state index contributed by atoms with van der Waals surface area (Å²) in [6.07, 6.45) is 0.238. The SMILES string of the molecule is CCC(CC(=O)O)Nc1cccc(OC(C)C)c1[N+](=O)[O-]. The zero-order valence-corrected chi connectivity index (χ0v) is 12.3. The van der Waals surface area contributed by atoms with E-state index in [4.69, 9.17) is 9.84 Å². The van der Waals surface area contributed by atoms with Gasteiger partial charge in [-0.25, -0.2) is 0 Å². The lowest BCUT2D eigenvalue weighted by Crippen LogP contribution is -2.23. The van der Waals surface area contributed by atoms with Gasteiger partial charge in [-0.3, -0.25) is 14.9 Å². The van der Waals surface area contributed by atoms with Crippen LogP contribution >= 0.6 is 0 Å². The molecule has 0 aliphatic carbocycles. The zero-order valence-electron chi connectivity index (χ0n) is 12.3. The molecule has 7 nitrogen and oxygen atoms in total. The van der Waals surface area contributed by atoms with Crippen LogP contribution in [0.15, 0.2) is 18.2 Å². The van der Waals surface area contributed by atoms with Crippen molar-refractivity contribution >= 4 is 17.3 Å².